The predicted molar refractivity (Wildman–Crippen MR) is 102 cm³/mol. The van der Waals surface area contributed by atoms with Crippen LogP contribution in [0.5, 0.6) is 0 Å². The normalized spacial score (nSPS) is 12.1. The van der Waals surface area contributed by atoms with E-state index in [1.165, 1.54) is 38.1 Å². The van der Waals surface area contributed by atoms with Gasteiger partial charge in [0.05, 0.1) is 0 Å². The first-order chi connectivity index (χ1) is 11.8. The molecule has 5 aromatic rings. The lowest BCUT2D eigenvalue weighted by molar-refractivity contribution is 0.668. The minimum Gasteiger partial charge on any atom is -0.456 e. The predicted octanol–water partition coefficient (Wildman–Crippen LogP) is 6.18. The van der Waals surface area contributed by atoms with E-state index in [1.54, 1.807) is 0 Å². The summed E-state index contributed by atoms with van der Waals surface area (Å²) in [6.07, 6.45) is 2.25. The Balaban J connectivity index is 1.89. The molecule has 0 aliphatic heterocycles. The van der Waals surface area contributed by atoms with E-state index in [0.717, 1.165) is 24.0 Å². The lowest BCUT2D eigenvalue weighted by atomic mass is 10.1. The van der Waals surface area contributed by atoms with Gasteiger partial charge in [-0.1, -0.05) is 43.7 Å². The lowest BCUT2D eigenvalue weighted by Gasteiger charge is -1.98. The van der Waals surface area contributed by atoms with Gasteiger partial charge in [0.15, 0.2) is 0 Å². The first-order valence-electron chi connectivity index (χ1n) is 8.58. The molecule has 0 N–H and O–H groups in total. The summed E-state index contributed by atoms with van der Waals surface area (Å²) in [6, 6.07) is 19.7. The first-order valence-corrected chi connectivity index (χ1v) is 8.58. The number of fused-ring (bicyclic) bond motifs is 6. The molecule has 0 fully saturated rings. The quantitative estimate of drug-likeness (QED) is 0.380. The van der Waals surface area contributed by atoms with Gasteiger partial charge in [-0.15, -0.1) is 0 Å². The number of furan rings is 1. The van der Waals surface area contributed by atoms with Crippen molar-refractivity contribution in [2.75, 3.05) is 0 Å². The Morgan fingerprint density at radius 2 is 1.62 bits per heavy atom. The molecule has 0 aliphatic rings. The Labute approximate surface area is 140 Å². The zero-order valence-electron chi connectivity index (χ0n) is 14.0. The number of rotatable bonds is 2. The molecule has 3 aromatic carbocycles. The maximum absolute atomic E-state index is 6.20. The van der Waals surface area contributed by atoms with Crippen LogP contribution in [0.4, 0.5) is 0 Å². The van der Waals surface area contributed by atoms with E-state index >= 15 is 0 Å². The number of nitrogens with zero attached hydrogens (tertiary/aromatic N) is 1. The fraction of sp³-hybridized carbons (Fsp3) is 0.182. The molecule has 2 nitrogen and oxygen atoms in total. The molecule has 0 radical (unpaired) electrons. The second kappa shape index (κ2) is 4.88. The van der Waals surface area contributed by atoms with Gasteiger partial charge < -0.3 is 8.98 Å². The van der Waals surface area contributed by atoms with Crippen LogP contribution in [0.2, 0.25) is 0 Å². The third-order valence-electron chi connectivity index (χ3n) is 5.11. The Morgan fingerprint density at radius 3 is 2.50 bits per heavy atom. The molecule has 2 heteroatoms. The summed E-state index contributed by atoms with van der Waals surface area (Å²) in [5.41, 5.74) is 5.83. The van der Waals surface area contributed by atoms with Gasteiger partial charge >= 0.3 is 0 Å². The van der Waals surface area contributed by atoms with E-state index in [-0.39, 0.29) is 0 Å². The molecule has 118 valence electrons. The molecule has 24 heavy (non-hydrogen) atoms. The van der Waals surface area contributed by atoms with Crippen LogP contribution in [-0.2, 0) is 13.5 Å². The van der Waals surface area contributed by atoms with Crippen LogP contribution in [-0.4, -0.2) is 4.57 Å². The molecular weight excluding hydrogens is 294 g/mol. The molecule has 0 aliphatic carbocycles. The van der Waals surface area contributed by atoms with Crippen molar-refractivity contribution in [2.24, 2.45) is 7.05 Å². The highest BCUT2D eigenvalue weighted by atomic mass is 16.3. The topological polar surface area (TPSA) is 18.1 Å². The summed E-state index contributed by atoms with van der Waals surface area (Å²) in [6.45, 7) is 2.21. The van der Waals surface area contributed by atoms with Gasteiger partial charge in [-0.3, -0.25) is 0 Å². The van der Waals surface area contributed by atoms with Crippen LogP contribution in [0, 0.1) is 0 Å². The van der Waals surface area contributed by atoms with Crippen molar-refractivity contribution >= 4 is 43.7 Å². The number of benzene rings is 3. The molecule has 2 aromatic heterocycles. The van der Waals surface area contributed by atoms with Crippen molar-refractivity contribution < 1.29 is 4.42 Å². The Hall–Kier alpha value is -2.74. The molecule has 0 atom stereocenters. The highest BCUT2D eigenvalue weighted by molar-refractivity contribution is 6.16. The highest BCUT2D eigenvalue weighted by Crippen LogP contribution is 2.36. The average Bonchev–Trinajstić information content (AvgIpc) is 3.09. The molecule has 0 bridgehead atoms. The third-order valence-corrected chi connectivity index (χ3v) is 5.11. The largest absolute Gasteiger partial charge is 0.456 e. The Bertz CT molecular complexity index is 1220. The van der Waals surface area contributed by atoms with E-state index in [9.17, 15) is 0 Å². The minimum absolute atomic E-state index is 0.975. The smallest absolute Gasteiger partial charge is 0.136 e. The standard InChI is InChI=1S/C22H19NO/c1-3-6-14-9-10-16-18-12-20-17(13-22(18)24-21(16)11-14)15-7-4-5-8-19(15)23(20)2/h4-5,7-13H,3,6H2,1-2H3. The first kappa shape index (κ1) is 13.7. The number of aromatic nitrogens is 1. The summed E-state index contributed by atoms with van der Waals surface area (Å²) >= 11 is 0. The summed E-state index contributed by atoms with van der Waals surface area (Å²) in [4.78, 5) is 0. The highest BCUT2D eigenvalue weighted by Gasteiger charge is 2.13. The van der Waals surface area contributed by atoms with Crippen LogP contribution in [0.15, 0.2) is 59.0 Å². The summed E-state index contributed by atoms with van der Waals surface area (Å²) in [5, 5.41) is 4.95. The van der Waals surface area contributed by atoms with E-state index in [0.29, 0.717) is 0 Å². The van der Waals surface area contributed by atoms with Crippen LogP contribution in [0.1, 0.15) is 18.9 Å². The van der Waals surface area contributed by atoms with E-state index in [1.807, 2.05) is 0 Å². The number of hydrogen-bond donors (Lipinski definition) is 0. The van der Waals surface area contributed by atoms with Gasteiger partial charge in [0.2, 0.25) is 0 Å². The molecule has 2 heterocycles. The molecule has 0 spiro atoms. The monoisotopic (exact) mass is 313 g/mol. The molecule has 5 rings (SSSR count). The SMILES string of the molecule is CCCc1ccc2c(c1)oc1cc3c4ccccc4n(C)c3cc12. The van der Waals surface area contributed by atoms with Gasteiger partial charge in [-0.05, 0) is 36.2 Å². The van der Waals surface area contributed by atoms with Crippen molar-refractivity contribution in [1.29, 1.82) is 0 Å². The van der Waals surface area contributed by atoms with Crippen molar-refractivity contribution in [3.05, 3.63) is 60.2 Å². The maximum atomic E-state index is 6.20. The fourth-order valence-electron chi connectivity index (χ4n) is 3.92. The van der Waals surface area contributed by atoms with E-state index in [4.69, 9.17) is 4.42 Å². The van der Waals surface area contributed by atoms with Gasteiger partial charge in [0.25, 0.3) is 0 Å². The number of para-hydroxylation sites is 1. The minimum atomic E-state index is 0.975. The van der Waals surface area contributed by atoms with Gasteiger partial charge in [-0.25, -0.2) is 0 Å². The molecule has 0 unspecified atom stereocenters. The zero-order chi connectivity index (χ0) is 16.3. The lowest BCUT2D eigenvalue weighted by Crippen LogP contribution is -1.85. The average molecular weight is 313 g/mol. The van der Waals surface area contributed by atoms with E-state index < -0.39 is 0 Å². The van der Waals surface area contributed by atoms with Crippen LogP contribution in [0.25, 0.3) is 43.7 Å². The second-order valence-corrected chi connectivity index (χ2v) is 6.62. The summed E-state index contributed by atoms with van der Waals surface area (Å²) in [5.74, 6) is 0. The summed E-state index contributed by atoms with van der Waals surface area (Å²) < 4.78 is 8.47. The summed E-state index contributed by atoms with van der Waals surface area (Å²) in [7, 11) is 2.14. The van der Waals surface area contributed by atoms with Crippen molar-refractivity contribution in [3.63, 3.8) is 0 Å². The van der Waals surface area contributed by atoms with Crippen molar-refractivity contribution in [2.45, 2.75) is 19.8 Å². The van der Waals surface area contributed by atoms with Crippen LogP contribution in [0.3, 0.4) is 0 Å². The third kappa shape index (κ3) is 1.77. The van der Waals surface area contributed by atoms with Crippen LogP contribution >= 0.6 is 0 Å². The van der Waals surface area contributed by atoms with Crippen molar-refractivity contribution in [1.82, 2.24) is 4.57 Å². The Morgan fingerprint density at radius 1 is 0.792 bits per heavy atom. The van der Waals surface area contributed by atoms with Crippen LogP contribution < -0.4 is 0 Å². The van der Waals surface area contributed by atoms with Gasteiger partial charge in [0, 0.05) is 39.6 Å². The molecule has 0 saturated carbocycles. The zero-order valence-corrected chi connectivity index (χ0v) is 14.0. The second-order valence-electron chi connectivity index (χ2n) is 6.62. The molecule has 0 amide bonds. The number of hydrogen-bond acceptors (Lipinski definition) is 1. The fourth-order valence-corrected chi connectivity index (χ4v) is 3.92. The molecule has 0 saturated heterocycles. The van der Waals surface area contributed by atoms with Crippen molar-refractivity contribution in [3.8, 4) is 0 Å². The van der Waals surface area contributed by atoms with Gasteiger partial charge in [0.1, 0.15) is 11.2 Å². The van der Waals surface area contributed by atoms with E-state index in [2.05, 4.69) is 73.1 Å². The maximum Gasteiger partial charge on any atom is 0.136 e. The van der Waals surface area contributed by atoms with Gasteiger partial charge in [-0.2, -0.15) is 0 Å². The molecular formula is C22H19NO. The Kier molecular flexibility index (Phi) is 2.78. The number of aryl methyl sites for hydroxylation is 2.